The van der Waals surface area contributed by atoms with E-state index in [1.807, 2.05) is 42.5 Å². The van der Waals surface area contributed by atoms with Gasteiger partial charge in [0.25, 0.3) is 5.91 Å². The molecule has 0 saturated heterocycles. The maximum absolute atomic E-state index is 13.7. The predicted molar refractivity (Wildman–Crippen MR) is 146 cm³/mol. The lowest BCUT2D eigenvalue weighted by Crippen LogP contribution is -2.33. The number of aromatic nitrogens is 2. The third kappa shape index (κ3) is 6.03. The number of nitrogens with zero attached hydrogens (tertiary/aromatic N) is 2. The summed E-state index contributed by atoms with van der Waals surface area (Å²) in [6.07, 6.45) is 1.66. The molecule has 0 aliphatic heterocycles. The molecular formula is C31H30F3N3O3. The lowest BCUT2D eigenvalue weighted by Gasteiger charge is -2.27. The van der Waals surface area contributed by atoms with Crippen LogP contribution in [0.1, 0.15) is 47.3 Å². The maximum atomic E-state index is 13.7. The zero-order valence-electron chi connectivity index (χ0n) is 22.1. The van der Waals surface area contributed by atoms with Crippen LogP contribution < -0.4 is 5.32 Å². The Bertz CT molecular complexity index is 1490. The van der Waals surface area contributed by atoms with Gasteiger partial charge in [0, 0.05) is 29.9 Å². The van der Waals surface area contributed by atoms with E-state index in [0.717, 1.165) is 36.1 Å². The zero-order chi connectivity index (χ0) is 28.3. The molecular weight excluding hydrogens is 519 g/mol. The molecule has 6 nitrogen and oxygen atoms in total. The fraction of sp³-hybridized carbons (Fsp3) is 0.323. The van der Waals surface area contributed by atoms with Gasteiger partial charge in [-0.2, -0.15) is 13.2 Å². The number of nitrogens with one attached hydrogen (secondary N) is 1. The minimum Gasteiger partial charge on any atom is -0.469 e. The third-order valence-corrected chi connectivity index (χ3v) is 7.63. The van der Waals surface area contributed by atoms with Crippen LogP contribution in [0, 0.1) is 11.8 Å². The van der Waals surface area contributed by atoms with Gasteiger partial charge >= 0.3 is 12.1 Å². The van der Waals surface area contributed by atoms with E-state index >= 15 is 0 Å². The van der Waals surface area contributed by atoms with Gasteiger partial charge in [0.05, 0.1) is 41.9 Å². The van der Waals surface area contributed by atoms with Crippen molar-refractivity contribution in [3.63, 3.8) is 0 Å². The molecule has 0 bridgehead atoms. The van der Waals surface area contributed by atoms with E-state index in [4.69, 9.17) is 4.74 Å². The molecule has 2 heterocycles. The van der Waals surface area contributed by atoms with Crippen LogP contribution in [0.25, 0.3) is 22.0 Å². The molecule has 0 atom stereocenters. The van der Waals surface area contributed by atoms with Crippen LogP contribution in [0.15, 0.2) is 73.1 Å². The Balaban J connectivity index is 1.37. The number of carbonyl (C=O) groups is 2. The van der Waals surface area contributed by atoms with Crippen LogP contribution in [0.5, 0.6) is 0 Å². The Morgan fingerprint density at radius 3 is 2.40 bits per heavy atom. The number of amides is 1. The van der Waals surface area contributed by atoms with Crippen molar-refractivity contribution in [2.24, 2.45) is 11.8 Å². The predicted octanol–water partition coefficient (Wildman–Crippen LogP) is 6.48. The van der Waals surface area contributed by atoms with Crippen molar-refractivity contribution < 1.29 is 27.5 Å². The molecule has 0 spiro atoms. The average Bonchev–Trinajstić information content (AvgIpc) is 3.38. The number of methoxy groups -OCH3 is 1. The highest BCUT2D eigenvalue weighted by Gasteiger charge is 2.33. The van der Waals surface area contributed by atoms with Gasteiger partial charge < -0.3 is 14.6 Å². The number of carbonyl (C=O) groups excluding carboxylic acids is 2. The number of fused-ring (bicyclic) bond motifs is 1. The van der Waals surface area contributed by atoms with Gasteiger partial charge in [-0.25, -0.2) is 0 Å². The number of alkyl halides is 3. The summed E-state index contributed by atoms with van der Waals surface area (Å²) in [6.45, 7) is 0.620. The fourth-order valence-corrected chi connectivity index (χ4v) is 5.41. The summed E-state index contributed by atoms with van der Waals surface area (Å²) < 4.78 is 47.7. The molecule has 40 heavy (non-hydrogen) atoms. The first-order valence-corrected chi connectivity index (χ1v) is 13.3. The van der Waals surface area contributed by atoms with E-state index in [-0.39, 0.29) is 23.4 Å². The molecule has 1 saturated carbocycles. The third-order valence-electron chi connectivity index (χ3n) is 7.63. The number of halogens is 3. The van der Waals surface area contributed by atoms with Gasteiger partial charge in [0.2, 0.25) is 0 Å². The molecule has 0 unspecified atom stereocenters. The van der Waals surface area contributed by atoms with E-state index in [1.165, 1.54) is 7.11 Å². The standard InChI is InChI=1S/C31H30F3N3O3/c1-40-30(39)22-9-7-20(8-10-22)17-36-29(38)27-16-25(31(32,33)34)15-23-13-14-37(28(23)27)19-26-12-11-24(18-35-26)21-5-3-2-4-6-21/h2-6,11-16,18,20,22H,7-10,17,19H2,1H3,(H,36,38)/t20-,22-. The summed E-state index contributed by atoms with van der Waals surface area (Å²) in [7, 11) is 1.37. The SMILES string of the molecule is COC(=O)[C@H]1CC[C@H](CNC(=O)c2cc(C(F)(F)F)cc3ccn(Cc4ccc(-c5ccccc5)cn4)c23)CC1. The first-order valence-electron chi connectivity index (χ1n) is 13.3. The molecule has 4 aromatic rings. The van der Waals surface area contributed by atoms with Crippen LogP contribution in [0.3, 0.4) is 0 Å². The maximum Gasteiger partial charge on any atom is 0.416 e. The van der Waals surface area contributed by atoms with E-state index < -0.39 is 17.6 Å². The molecule has 1 N–H and O–H groups in total. The van der Waals surface area contributed by atoms with Crippen LogP contribution in [0.2, 0.25) is 0 Å². The second kappa shape index (κ2) is 11.5. The highest BCUT2D eigenvalue weighted by molar-refractivity contribution is 6.06. The Kier molecular flexibility index (Phi) is 7.91. The van der Waals surface area contributed by atoms with Gasteiger partial charge in [0.1, 0.15) is 0 Å². The van der Waals surface area contributed by atoms with Crippen molar-refractivity contribution in [2.45, 2.75) is 38.4 Å². The zero-order valence-corrected chi connectivity index (χ0v) is 22.1. The highest BCUT2D eigenvalue weighted by Crippen LogP contribution is 2.34. The minimum atomic E-state index is -4.59. The number of rotatable bonds is 7. The van der Waals surface area contributed by atoms with E-state index in [9.17, 15) is 22.8 Å². The number of ether oxygens (including phenoxy) is 1. The quantitative estimate of drug-likeness (QED) is 0.268. The van der Waals surface area contributed by atoms with Gasteiger partial charge in [-0.15, -0.1) is 0 Å². The van der Waals surface area contributed by atoms with E-state index in [1.54, 1.807) is 23.0 Å². The molecule has 9 heteroatoms. The first kappa shape index (κ1) is 27.4. The molecule has 2 aromatic heterocycles. The molecule has 1 aliphatic rings. The van der Waals surface area contributed by atoms with Crippen LogP contribution in [0.4, 0.5) is 13.2 Å². The molecule has 2 aromatic carbocycles. The lowest BCUT2D eigenvalue weighted by molar-refractivity contribution is -0.146. The van der Waals surface area contributed by atoms with Crippen LogP contribution in [-0.4, -0.2) is 35.1 Å². The molecule has 1 fully saturated rings. The Labute approximate surface area is 230 Å². The van der Waals surface area contributed by atoms with Gasteiger partial charge in [0.15, 0.2) is 0 Å². The Morgan fingerprint density at radius 2 is 1.75 bits per heavy atom. The number of benzene rings is 2. The topological polar surface area (TPSA) is 73.2 Å². The summed E-state index contributed by atoms with van der Waals surface area (Å²) in [5.74, 6) is -0.777. The number of pyridine rings is 1. The summed E-state index contributed by atoms with van der Waals surface area (Å²) in [5, 5.41) is 3.19. The summed E-state index contributed by atoms with van der Waals surface area (Å²) >= 11 is 0. The molecule has 1 aliphatic carbocycles. The molecule has 0 radical (unpaired) electrons. The number of hydrogen-bond donors (Lipinski definition) is 1. The highest BCUT2D eigenvalue weighted by atomic mass is 19.4. The van der Waals surface area contributed by atoms with Crippen molar-refractivity contribution >= 4 is 22.8 Å². The van der Waals surface area contributed by atoms with E-state index in [0.29, 0.717) is 42.5 Å². The smallest absolute Gasteiger partial charge is 0.416 e. The molecule has 1 amide bonds. The summed E-state index contributed by atoms with van der Waals surface area (Å²) in [6, 6.07) is 17.2. The molecule has 5 rings (SSSR count). The largest absolute Gasteiger partial charge is 0.469 e. The van der Waals surface area contributed by atoms with Crippen LogP contribution >= 0.6 is 0 Å². The summed E-state index contributed by atoms with van der Waals surface area (Å²) in [5.41, 5.74) is 2.23. The first-order chi connectivity index (χ1) is 19.2. The van der Waals surface area contributed by atoms with Crippen molar-refractivity contribution in [1.82, 2.24) is 14.9 Å². The number of esters is 1. The van der Waals surface area contributed by atoms with Gasteiger partial charge in [-0.05, 0) is 61.4 Å². The van der Waals surface area contributed by atoms with Crippen molar-refractivity contribution in [1.29, 1.82) is 0 Å². The van der Waals surface area contributed by atoms with Crippen LogP contribution in [-0.2, 0) is 22.3 Å². The van der Waals surface area contributed by atoms with Crippen molar-refractivity contribution in [3.8, 4) is 11.1 Å². The second-order valence-electron chi connectivity index (χ2n) is 10.3. The normalized spacial score (nSPS) is 17.5. The Morgan fingerprint density at radius 1 is 1.00 bits per heavy atom. The molecule has 208 valence electrons. The lowest BCUT2D eigenvalue weighted by atomic mass is 9.82. The van der Waals surface area contributed by atoms with Crippen molar-refractivity contribution in [3.05, 3.63) is 89.9 Å². The van der Waals surface area contributed by atoms with E-state index in [2.05, 4.69) is 10.3 Å². The fourth-order valence-electron chi connectivity index (χ4n) is 5.41. The monoisotopic (exact) mass is 549 g/mol. The summed E-state index contributed by atoms with van der Waals surface area (Å²) in [4.78, 5) is 29.7. The number of hydrogen-bond acceptors (Lipinski definition) is 4. The van der Waals surface area contributed by atoms with Gasteiger partial charge in [-0.3, -0.25) is 14.6 Å². The second-order valence-corrected chi connectivity index (χ2v) is 10.3. The average molecular weight is 550 g/mol. The minimum absolute atomic E-state index is 0.0287. The van der Waals surface area contributed by atoms with Crippen molar-refractivity contribution in [2.75, 3.05) is 13.7 Å². The Hall–Kier alpha value is -4.14. The van der Waals surface area contributed by atoms with Gasteiger partial charge in [-0.1, -0.05) is 36.4 Å².